The third-order valence-electron chi connectivity index (χ3n) is 2.16. The van der Waals surface area contributed by atoms with E-state index in [1.54, 1.807) is 0 Å². The van der Waals surface area contributed by atoms with Gasteiger partial charge in [-0.3, -0.25) is 4.79 Å². The molecule has 0 saturated carbocycles. The summed E-state index contributed by atoms with van der Waals surface area (Å²) in [6.45, 7) is -1.88. The molecule has 0 aromatic heterocycles. The lowest BCUT2D eigenvalue weighted by Gasteiger charge is -2.14. The van der Waals surface area contributed by atoms with Gasteiger partial charge in [-0.25, -0.2) is 8.78 Å². The molecule has 0 aliphatic rings. The Balaban J connectivity index is 2.62. The van der Waals surface area contributed by atoms with E-state index in [9.17, 15) is 26.7 Å². The molecule has 0 saturated heterocycles. The molecule has 9 heteroatoms. The SMILES string of the molecule is NCC(F)(F)CNC(=O)c1ccc(OC(F)(F)F)cc1. The van der Waals surface area contributed by atoms with Gasteiger partial charge in [0.05, 0.1) is 13.1 Å². The van der Waals surface area contributed by atoms with Crippen molar-refractivity contribution in [3.05, 3.63) is 29.8 Å². The largest absolute Gasteiger partial charge is 0.573 e. The van der Waals surface area contributed by atoms with Crippen molar-refractivity contribution in [1.29, 1.82) is 0 Å². The summed E-state index contributed by atoms with van der Waals surface area (Å²) >= 11 is 0. The molecular weight excluding hydrogens is 287 g/mol. The predicted octanol–water partition coefficient (Wildman–Crippen LogP) is 1.91. The smallest absolute Gasteiger partial charge is 0.406 e. The van der Waals surface area contributed by atoms with Crippen molar-refractivity contribution in [2.75, 3.05) is 13.1 Å². The second-order valence-corrected chi connectivity index (χ2v) is 3.81. The molecule has 0 aliphatic carbocycles. The molecule has 0 bridgehead atoms. The van der Waals surface area contributed by atoms with Gasteiger partial charge in [-0.2, -0.15) is 0 Å². The number of amides is 1. The van der Waals surface area contributed by atoms with E-state index in [0.29, 0.717) is 0 Å². The number of nitrogens with two attached hydrogens (primary N) is 1. The number of hydrogen-bond acceptors (Lipinski definition) is 3. The molecule has 0 unspecified atom stereocenters. The first-order chi connectivity index (χ1) is 9.13. The summed E-state index contributed by atoms with van der Waals surface area (Å²) < 4.78 is 64.9. The third-order valence-corrected chi connectivity index (χ3v) is 2.16. The second kappa shape index (κ2) is 6.04. The average molecular weight is 298 g/mol. The number of halogens is 5. The number of carbonyl (C=O) groups excluding carboxylic acids is 1. The fraction of sp³-hybridized carbons (Fsp3) is 0.364. The van der Waals surface area contributed by atoms with E-state index in [-0.39, 0.29) is 5.56 Å². The van der Waals surface area contributed by atoms with Crippen LogP contribution in [0.5, 0.6) is 5.75 Å². The zero-order valence-electron chi connectivity index (χ0n) is 10.0. The molecule has 1 aromatic carbocycles. The molecule has 0 spiro atoms. The lowest BCUT2D eigenvalue weighted by atomic mass is 10.2. The van der Waals surface area contributed by atoms with E-state index in [0.717, 1.165) is 24.3 Å². The van der Waals surface area contributed by atoms with Crippen LogP contribution in [0.25, 0.3) is 0 Å². The van der Waals surface area contributed by atoms with Gasteiger partial charge in [0, 0.05) is 5.56 Å². The van der Waals surface area contributed by atoms with Gasteiger partial charge in [0.2, 0.25) is 0 Å². The second-order valence-electron chi connectivity index (χ2n) is 3.81. The third kappa shape index (κ3) is 5.39. The monoisotopic (exact) mass is 298 g/mol. The van der Waals surface area contributed by atoms with Crippen molar-refractivity contribution in [1.82, 2.24) is 5.32 Å². The van der Waals surface area contributed by atoms with Crippen LogP contribution < -0.4 is 15.8 Å². The van der Waals surface area contributed by atoms with Crippen LogP contribution in [0.2, 0.25) is 0 Å². The summed E-state index contributed by atoms with van der Waals surface area (Å²) in [7, 11) is 0. The molecule has 20 heavy (non-hydrogen) atoms. The van der Waals surface area contributed by atoms with Crippen LogP contribution in [0.15, 0.2) is 24.3 Å². The Labute approximate surface area is 110 Å². The van der Waals surface area contributed by atoms with E-state index < -0.39 is 37.0 Å². The molecule has 1 amide bonds. The highest BCUT2D eigenvalue weighted by Gasteiger charge is 2.31. The molecule has 112 valence electrons. The highest BCUT2D eigenvalue weighted by Crippen LogP contribution is 2.22. The molecule has 1 aromatic rings. The Morgan fingerprint density at radius 1 is 1.15 bits per heavy atom. The van der Waals surface area contributed by atoms with Crippen LogP contribution in [-0.4, -0.2) is 31.3 Å². The minimum Gasteiger partial charge on any atom is -0.406 e. The van der Waals surface area contributed by atoms with Gasteiger partial charge in [-0.1, -0.05) is 0 Å². The van der Waals surface area contributed by atoms with Crippen molar-refractivity contribution in [3.8, 4) is 5.75 Å². The first-order valence-corrected chi connectivity index (χ1v) is 5.35. The molecule has 1 rings (SSSR count). The quantitative estimate of drug-likeness (QED) is 0.816. The highest BCUT2D eigenvalue weighted by molar-refractivity contribution is 5.94. The Bertz CT molecular complexity index is 459. The first-order valence-electron chi connectivity index (χ1n) is 5.35. The van der Waals surface area contributed by atoms with Crippen LogP contribution in [0.4, 0.5) is 22.0 Å². The first kappa shape index (κ1) is 16.2. The van der Waals surface area contributed by atoms with Crippen LogP contribution in [-0.2, 0) is 0 Å². The van der Waals surface area contributed by atoms with Crippen LogP contribution in [0.3, 0.4) is 0 Å². The van der Waals surface area contributed by atoms with E-state index in [4.69, 9.17) is 5.73 Å². The zero-order valence-corrected chi connectivity index (χ0v) is 10.0. The Morgan fingerprint density at radius 3 is 2.15 bits per heavy atom. The number of nitrogens with one attached hydrogen (secondary N) is 1. The fourth-order valence-electron chi connectivity index (χ4n) is 1.19. The van der Waals surface area contributed by atoms with Crippen molar-refractivity contribution >= 4 is 5.91 Å². The van der Waals surface area contributed by atoms with Gasteiger partial charge in [-0.05, 0) is 24.3 Å². The van der Waals surface area contributed by atoms with Gasteiger partial charge in [0.15, 0.2) is 0 Å². The van der Waals surface area contributed by atoms with Crippen molar-refractivity contribution in [3.63, 3.8) is 0 Å². The van der Waals surface area contributed by atoms with E-state index in [1.165, 1.54) is 0 Å². The van der Waals surface area contributed by atoms with Gasteiger partial charge in [0.25, 0.3) is 11.8 Å². The summed E-state index contributed by atoms with van der Waals surface area (Å²) in [4.78, 5) is 11.5. The number of carbonyl (C=O) groups is 1. The van der Waals surface area contributed by atoms with Crippen LogP contribution >= 0.6 is 0 Å². The standard InChI is InChI=1S/C11H11F5N2O2/c12-10(13,5-17)6-18-9(19)7-1-3-8(4-2-7)20-11(14,15)16/h1-4H,5-6,17H2,(H,18,19). The maximum Gasteiger partial charge on any atom is 0.573 e. The maximum absolute atomic E-state index is 12.8. The van der Waals surface area contributed by atoms with Gasteiger partial charge < -0.3 is 15.8 Å². The Morgan fingerprint density at radius 2 is 1.70 bits per heavy atom. The highest BCUT2D eigenvalue weighted by atomic mass is 19.4. The molecule has 0 aliphatic heterocycles. The summed E-state index contributed by atoms with van der Waals surface area (Å²) in [5, 5.41) is 1.93. The topological polar surface area (TPSA) is 64.3 Å². The van der Waals surface area contributed by atoms with E-state index in [1.807, 2.05) is 5.32 Å². The fourth-order valence-corrected chi connectivity index (χ4v) is 1.19. The number of ether oxygens (including phenoxy) is 1. The molecule has 0 fully saturated rings. The van der Waals surface area contributed by atoms with Gasteiger partial charge >= 0.3 is 6.36 Å². The van der Waals surface area contributed by atoms with Crippen LogP contribution in [0, 0.1) is 0 Å². The number of benzene rings is 1. The normalized spacial score (nSPS) is 12.1. The Kier molecular flexibility index (Phi) is 4.88. The number of alkyl halides is 5. The predicted molar refractivity (Wildman–Crippen MR) is 59.5 cm³/mol. The number of hydrogen-bond donors (Lipinski definition) is 2. The van der Waals surface area contributed by atoms with Crippen molar-refractivity contribution in [2.45, 2.75) is 12.3 Å². The van der Waals surface area contributed by atoms with E-state index in [2.05, 4.69) is 4.74 Å². The zero-order chi connectivity index (χ0) is 15.4. The molecule has 3 N–H and O–H groups in total. The number of rotatable bonds is 5. The van der Waals surface area contributed by atoms with Crippen LogP contribution in [0.1, 0.15) is 10.4 Å². The van der Waals surface area contributed by atoms with Gasteiger partial charge in [-0.15, -0.1) is 13.2 Å². The molecular formula is C11H11F5N2O2. The molecule has 0 heterocycles. The van der Waals surface area contributed by atoms with Crippen molar-refractivity contribution < 1.29 is 31.5 Å². The minimum absolute atomic E-state index is 0.0765. The lowest BCUT2D eigenvalue weighted by molar-refractivity contribution is -0.274. The maximum atomic E-state index is 12.8. The molecule has 0 atom stereocenters. The summed E-state index contributed by atoms with van der Waals surface area (Å²) in [5.74, 6) is -4.60. The van der Waals surface area contributed by atoms with E-state index >= 15 is 0 Å². The summed E-state index contributed by atoms with van der Waals surface area (Å²) in [6.07, 6.45) is -4.84. The summed E-state index contributed by atoms with van der Waals surface area (Å²) in [5.41, 5.74) is 4.71. The molecule has 0 radical (unpaired) electrons. The summed E-state index contributed by atoms with van der Waals surface area (Å²) in [6, 6.07) is 3.86. The lowest BCUT2D eigenvalue weighted by Crippen LogP contribution is -2.41. The van der Waals surface area contributed by atoms with Gasteiger partial charge in [0.1, 0.15) is 5.75 Å². The minimum atomic E-state index is -4.84. The van der Waals surface area contributed by atoms with Crippen molar-refractivity contribution in [2.24, 2.45) is 5.73 Å². The average Bonchev–Trinajstić information content (AvgIpc) is 2.35. The molecule has 4 nitrogen and oxygen atoms in total. The Hall–Kier alpha value is -1.90.